The van der Waals surface area contributed by atoms with E-state index in [1.165, 1.54) is 18.4 Å². The molecule has 0 aliphatic heterocycles. The van der Waals surface area contributed by atoms with Crippen LogP contribution >= 0.6 is 0 Å². The number of allylic oxidation sites excluding steroid dienone is 2. The molecule has 1 aliphatic carbocycles. The fraction of sp³-hybridized carbons (Fsp3) is 0.786. The quantitative estimate of drug-likeness (QED) is 0.641. The maximum absolute atomic E-state index is 11.2. The lowest BCUT2D eigenvalue weighted by Crippen LogP contribution is -2.33. The first-order valence-electron chi connectivity index (χ1n) is 6.00. The summed E-state index contributed by atoms with van der Waals surface area (Å²) in [6, 6.07) is 0. The third-order valence-corrected chi connectivity index (χ3v) is 3.77. The van der Waals surface area contributed by atoms with Gasteiger partial charge in [-0.3, -0.25) is 0 Å². The maximum atomic E-state index is 11.2. The summed E-state index contributed by atoms with van der Waals surface area (Å²) >= 11 is 0. The van der Waals surface area contributed by atoms with Gasteiger partial charge in [0.1, 0.15) is 5.78 Å². The Labute approximate surface area is 93.9 Å². The summed E-state index contributed by atoms with van der Waals surface area (Å²) in [5.41, 5.74) is 1.84. The molecule has 0 amide bonds. The van der Waals surface area contributed by atoms with E-state index in [0.29, 0.717) is 23.0 Å². The molecule has 0 aromatic rings. The second kappa shape index (κ2) is 4.51. The van der Waals surface area contributed by atoms with Crippen LogP contribution in [0.5, 0.6) is 0 Å². The highest BCUT2D eigenvalue weighted by atomic mass is 16.1. The van der Waals surface area contributed by atoms with Crippen molar-refractivity contribution in [2.24, 2.45) is 17.3 Å². The van der Waals surface area contributed by atoms with Gasteiger partial charge in [-0.2, -0.15) is 0 Å². The van der Waals surface area contributed by atoms with Crippen LogP contribution in [0.3, 0.4) is 0 Å². The molecule has 0 aromatic carbocycles. The number of rotatable bonds is 3. The van der Waals surface area contributed by atoms with Gasteiger partial charge >= 0.3 is 0 Å². The first-order chi connectivity index (χ1) is 6.84. The minimum absolute atomic E-state index is 0.316. The summed E-state index contributed by atoms with van der Waals surface area (Å²) in [6.45, 7) is 10.8. The number of hydrogen-bond acceptors (Lipinski definition) is 1. The van der Waals surface area contributed by atoms with E-state index in [1.54, 1.807) is 6.92 Å². The summed E-state index contributed by atoms with van der Waals surface area (Å²) in [6.07, 6.45) is 5.52. The van der Waals surface area contributed by atoms with Gasteiger partial charge in [-0.25, -0.2) is 0 Å². The summed E-state index contributed by atoms with van der Waals surface area (Å²) in [4.78, 5) is 11.2. The van der Waals surface area contributed by atoms with Crippen LogP contribution in [-0.4, -0.2) is 5.78 Å². The van der Waals surface area contributed by atoms with Crippen LogP contribution in [0.2, 0.25) is 0 Å². The molecule has 0 heterocycles. The molecule has 0 N–H and O–H groups in total. The number of carbonyl (C=O) groups excluding carboxylic acids is 1. The first-order valence-corrected chi connectivity index (χ1v) is 6.00. The first kappa shape index (κ1) is 12.5. The van der Waals surface area contributed by atoms with Crippen LogP contribution in [0.4, 0.5) is 0 Å². The van der Waals surface area contributed by atoms with E-state index in [4.69, 9.17) is 0 Å². The smallest absolute Gasteiger partial charge is 0.130 e. The second-order valence-corrected chi connectivity index (χ2v) is 5.84. The molecule has 2 atom stereocenters. The van der Waals surface area contributed by atoms with Gasteiger partial charge in [-0.1, -0.05) is 32.4 Å². The molecule has 0 fully saturated rings. The average Bonchev–Trinajstić information content (AvgIpc) is 1.99. The number of hydrogen-bond donors (Lipinski definition) is 0. The van der Waals surface area contributed by atoms with Gasteiger partial charge in [0.15, 0.2) is 0 Å². The highest BCUT2D eigenvalue weighted by Crippen LogP contribution is 2.45. The number of carbonyl (C=O) groups is 1. The predicted molar refractivity (Wildman–Crippen MR) is 64.7 cm³/mol. The Morgan fingerprint density at radius 2 is 2.20 bits per heavy atom. The molecule has 1 nitrogen and oxygen atoms in total. The van der Waals surface area contributed by atoms with Crippen LogP contribution < -0.4 is 0 Å². The molecule has 86 valence electrons. The lowest BCUT2D eigenvalue weighted by Gasteiger charge is -2.42. The van der Waals surface area contributed by atoms with Gasteiger partial charge in [0, 0.05) is 6.42 Å². The molecule has 0 aromatic heterocycles. The van der Waals surface area contributed by atoms with Crippen LogP contribution in [0.15, 0.2) is 11.6 Å². The molecule has 0 saturated heterocycles. The van der Waals surface area contributed by atoms with E-state index in [2.05, 4.69) is 33.8 Å². The zero-order chi connectivity index (χ0) is 11.6. The highest BCUT2D eigenvalue weighted by Gasteiger charge is 2.36. The monoisotopic (exact) mass is 208 g/mol. The maximum Gasteiger partial charge on any atom is 0.130 e. The molecular weight excluding hydrogens is 184 g/mol. The highest BCUT2D eigenvalue weighted by molar-refractivity contribution is 5.75. The van der Waals surface area contributed by atoms with Gasteiger partial charge in [0.2, 0.25) is 0 Å². The fourth-order valence-corrected chi connectivity index (χ4v) is 3.36. The third-order valence-electron chi connectivity index (χ3n) is 3.77. The molecule has 0 radical (unpaired) electrons. The minimum Gasteiger partial charge on any atom is -0.300 e. The van der Waals surface area contributed by atoms with Crippen molar-refractivity contribution in [3.63, 3.8) is 0 Å². The lowest BCUT2D eigenvalue weighted by atomic mass is 9.63. The number of Topliss-reactive ketones (excluding diaryl/α,β-unsaturated/α-hetero) is 1. The summed E-state index contributed by atoms with van der Waals surface area (Å²) in [5, 5.41) is 0. The zero-order valence-electron chi connectivity index (χ0n) is 10.8. The van der Waals surface area contributed by atoms with Gasteiger partial charge in [0.05, 0.1) is 0 Å². The van der Waals surface area contributed by atoms with Gasteiger partial charge in [-0.05, 0) is 43.9 Å². The Morgan fingerprint density at radius 3 is 2.67 bits per heavy atom. The van der Waals surface area contributed by atoms with Crippen LogP contribution in [0.25, 0.3) is 0 Å². The second-order valence-electron chi connectivity index (χ2n) is 5.84. The van der Waals surface area contributed by atoms with Crippen molar-refractivity contribution in [1.29, 1.82) is 0 Å². The van der Waals surface area contributed by atoms with E-state index >= 15 is 0 Å². The van der Waals surface area contributed by atoms with E-state index < -0.39 is 0 Å². The Kier molecular flexibility index (Phi) is 3.75. The SMILES string of the molecule is CC(=O)CC(C)C1C(C)=CCCC1(C)C. The zero-order valence-corrected chi connectivity index (χ0v) is 10.8. The molecule has 1 heteroatoms. The Morgan fingerprint density at radius 1 is 1.60 bits per heavy atom. The standard InChI is InChI=1S/C14H24O/c1-10-7-6-8-14(4,5)13(10)11(2)9-12(3)15/h7,11,13H,6,8-9H2,1-5H3. The van der Waals surface area contributed by atoms with Crippen molar-refractivity contribution in [3.8, 4) is 0 Å². The normalized spacial score (nSPS) is 27.0. The van der Waals surface area contributed by atoms with Gasteiger partial charge in [0.25, 0.3) is 0 Å². The summed E-state index contributed by atoms with van der Waals surface area (Å²) < 4.78 is 0. The Balaban J connectivity index is 2.83. The molecule has 15 heavy (non-hydrogen) atoms. The molecule has 0 bridgehead atoms. The van der Waals surface area contributed by atoms with Crippen molar-refractivity contribution in [1.82, 2.24) is 0 Å². The lowest BCUT2D eigenvalue weighted by molar-refractivity contribution is -0.118. The molecule has 1 rings (SSSR count). The van der Waals surface area contributed by atoms with Crippen molar-refractivity contribution in [2.45, 2.75) is 53.9 Å². The van der Waals surface area contributed by atoms with Crippen LogP contribution in [0, 0.1) is 17.3 Å². The van der Waals surface area contributed by atoms with Crippen LogP contribution in [-0.2, 0) is 4.79 Å². The van der Waals surface area contributed by atoms with Gasteiger partial charge < -0.3 is 4.79 Å². The molecule has 0 saturated carbocycles. The topological polar surface area (TPSA) is 17.1 Å². The Bertz CT molecular complexity index is 273. The van der Waals surface area contributed by atoms with Crippen molar-refractivity contribution >= 4 is 5.78 Å². The molecular formula is C14H24O. The van der Waals surface area contributed by atoms with Gasteiger partial charge in [-0.15, -0.1) is 0 Å². The van der Waals surface area contributed by atoms with Crippen molar-refractivity contribution in [2.75, 3.05) is 0 Å². The molecule has 1 aliphatic rings. The van der Waals surface area contributed by atoms with E-state index in [9.17, 15) is 4.79 Å². The third kappa shape index (κ3) is 2.93. The van der Waals surface area contributed by atoms with Crippen LogP contribution in [0.1, 0.15) is 53.9 Å². The molecule has 2 unspecified atom stereocenters. The van der Waals surface area contributed by atoms with E-state index in [-0.39, 0.29) is 0 Å². The molecule has 0 spiro atoms. The minimum atomic E-state index is 0.316. The Hall–Kier alpha value is -0.590. The number of ketones is 1. The largest absolute Gasteiger partial charge is 0.300 e. The van der Waals surface area contributed by atoms with Crippen molar-refractivity contribution in [3.05, 3.63) is 11.6 Å². The predicted octanol–water partition coefficient (Wildman–Crippen LogP) is 3.98. The van der Waals surface area contributed by atoms with E-state index in [0.717, 1.165) is 6.42 Å². The average molecular weight is 208 g/mol. The fourth-order valence-electron chi connectivity index (χ4n) is 3.36. The summed E-state index contributed by atoms with van der Waals surface area (Å²) in [5.74, 6) is 1.38. The van der Waals surface area contributed by atoms with Crippen molar-refractivity contribution < 1.29 is 4.79 Å². The summed E-state index contributed by atoms with van der Waals surface area (Å²) in [7, 11) is 0. The van der Waals surface area contributed by atoms with E-state index in [1.807, 2.05) is 0 Å².